The van der Waals surface area contributed by atoms with Gasteiger partial charge in [-0.25, -0.2) is 9.37 Å². The zero-order chi connectivity index (χ0) is 18.4. The van der Waals surface area contributed by atoms with Crippen LogP contribution in [-0.2, 0) is 4.79 Å². The molecular formula is C17H16Cl2FN3O2S. The Morgan fingerprint density at radius 1 is 1.19 bits per heavy atom. The van der Waals surface area contributed by atoms with Crippen LogP contribution in [0, 0.1) is 23.6 Å². The van der Waals surface area contributed by atoms with Crippen molar-refractivity contribution in [2.75, 3.05) is 5.32 Å². The van der Waals surface area contributed by atoms with Crippen molar-refractivity contribution >= 4 is 46.3 Å². The lowest BCUT2D eigenvalue weighted by molar-refractivity contribution is -0.148. The van der Waals surface area contributed by atoms with Crippen LogP contribution >= 0.6 is 34.5 Å². The summed E-state index contributed by atoms with van der Waals surface area (Å²) in [6.45, 7) is 0. The highest BCUT2D eigenvalue weighted by Crippen LogP contribution is 2.46. The van der Waals surface area contributed by atoms with E-state index in [2.05, 4.69) is 15.3 Å². The Hall–Kier alpha value is -1.44. The third-order valence-corrected chi connectivity index (χ3v) is 6.85. The third-order valence-electron chi connectivity index (χ3n) is 5.44. The molecule has 5 nitrogen and oxygen atoms in total. The minimum atomic E-state index is -0.845. The number of fused-ring (bicyclic) bond motifs is 3. The van der Waals surface area contributed by atoms with Gasteiger partial charge in [0.2, 0.25) is 5.28 Å². The number of carboxylic acids is 1. The van der Waals surface area contributed by atoms with Gasteiger partial charge in [0.25, 0.3) is 0 Å². The Bertz CT molecular complexity index is 855. The van der Waals surface area contributed by atoms with Crippen LogP contribution in [0.1, 0.15) is 25.7 Å². The average Bonchev–Trinajstić information content (AvgIpc) is 3.04. The number of aromatic nitrogens is 2. The predicted octanol–water partition coefficient (Wildman–Crippen LogP) is 4.95. The molecule has 0 saturated heterocycles. The zero-order valence-electron chi connectivity index (χ0n) is 13.6. The van der Waals surface area contributed by atoms with Gasteiger partial charge in [-0.2, -0.15) is 4.98 Å². The van der Waals surface area contributed by atoms with Gasteiger partial charge in [0.15, 0.2) is 11.6 Å². The van der Waals surface area contributed by atoms with E-state index in [1.165, 1.54) is 11.3 Å². The SMILES string of the molecule is O=C(O)C1C2CCC(CC2)C1Nc1nc(Cl)nc(-c2ccc(Cl)s2)c1F. The molecule has 3 fully saturated rings. The van der Waals surface area contributed by atoms with Crippen LogP contribution in [0.25, 0.3) is 10.6 Å². The minimum Gasteiger partial charge on any atom is -0.481 e. The first kappa shape index (κ1) is 17.9. The summed E-state index contributed by atoms with van der Waals surface area (Å²) < 4.78 is 15.6. The summed E-state index contributed by atoms with van der Waals surface area (Å²) in [6, 6.07) is 2.96. The molecular weight excluding hydrogens is 400 g/mol. The van der Waals surface area contributed by atoms with E-state index in [9.17, 15) is 9.90 Å². The molecule has 2 atom stereocenters. The number of hydrogen-bond donors (Lipinski definition) is 2. The predicted molar refractivity (Wildman–Crippen MR) is 99.3 cm³/mol. The Labute approximate surface area is 163 Å². The topological polar surface area (TPSA) is 75.1 Å². The molecule has 2 aromatic rings. The van der Waals surface area contributed by atoms with E-state index in [1.807, 2.05) is 0 Å². The van der Waals surface area contributed by atoms with Crippen molar-refractivity contribution in [3.05, 3.63) is 27.6 Å². The normalized spacial score (nSPS) is 27.5. The molecule has 2 N–H and O–H groups in total. The van der Waals surface area contributed by atoms with Crippen molar-refractivity contribution < 1.29 is 14.3 Å². The quantitative estimate of drug-likeness (QED) is 0.690. The van der Waals surface area contributed by atoms with Crippen LogP contribution < -0.4 is 5.32 Å². The van der Waals surface area contributed by atoms with Crippen molar-refractivity contribution in [2.45, 2.75) is 31.7 Å². The molecule has 0 aliphatic heterocycles. The first-order valence-corrected chi connectivity index (χ1v) is 9.99. The maximum absolute atomic E-state index is 15.0. The molecule has 0 aromatic carbocycles. The highest BCUT2D eigenvalue weighted by Gasteiger charge is 2.47. The van der Waals surface area contributed by atoms with E-state index in [0.717, 1.165) is 25.7 Å². The fourth-order valence-corrected chi connectivity index (χ4v) is 5.49. The second-order valence-electron chi connectivity index (χ2n) is 6.82. The lowest BCUT2D eigenvalue weighted by Gasteiger charge is -2.47. The van der Waals surface area contributed by atoms with Gasteiger partial charge in [0, 0.05) is 6.04 Å². The van der Waals surface area contributed by atoms with Crippen molar-refractivity contribution in [3.63, 3.8) is 0 Å². The number of anilines is 1. The maximum Gasteiger partial charge on any atom is 0.308 e. The number of thiophene rings is 1. The first-order chi connectivity index (χ1) is 12.4. The minimum absolute atomic E-state index is 0.0478. The first-order valence-electron chi connectivity index (χ1n) is 8.42. The second-order valence-corrected chi connectivity index (χ2v) is 8.87. The van der Waals surface area contributed by atoms with Gasteiger partial charge in [0.1, 0.15) is 5.69 Å². The summed E-state index contributed by atoms with van der Waals surface area (Å²) in [4.78, 5) is 20.3. The molecule has 138 valence electrons. The fraction of sp³-hybridized carbons (Fsp3) is 0.471. The molecule has 2 heterocycles. The highest BCUT2D eigenvalue weighted by atomic mass is 35.5. The van der Waals surface area contributed by atoms with Crippen LogP contribution in [-0.4, -0.2) is 27.1 Å². The van der Waals surface area contributed by atoms with E-state index < -0.39 is 17.7 Å². The number of aliphatic carboxylic acids is 1. The second kappa shape index (κ2) is 6.94. The zero-order valence-corrected chi connectivity index (χ0v) is 15.9. The van der Waals surface area contributed by atoms with Crippen LogP contribution in [0.15, 0.2) is 12.1 Å². The molecule has 0 radical (unpaired) electrons. The molecule has 9 heteroatoms. The van der Waals surface area contributed by atoms with Gasteiger partial charge in [0.05, 0.1) is 15.1 Å². The van der Waals surface area contributed by atoms with E-state index in [0.29, 0.717) is 9.21 Å². The fourth-order valence-electron chi connectivity index (χ4n) is 4.29. The smallest absolute Gasteiger partial charge is 0.308 e. The lowest BCUT2D eigenvalue weighted by atomic mass is 9.61. The van der Waals surface area contributed by atoms with Crippen LogP contribution in [0.2, 0.25) is 9.62 Å². The standard InChI is InChI=1S/C17H16Cl2FN3O2S/c18-10-6-5-9(26-10)14-12(20)15(23-17(19)22-14)21-13-8-3-1-7(2-4-8)11(13)16(24)25/h5-8,11,13H,1-4H2,(H,24,25)(H,21,22,23). The highest BCUT2D eigenvalue weighted by molar-refractivity contribution is 7.19. The van der Waals surface area contributed by atoms with E-state index in [4.69, 9.17) is 23.2 Å². The van der Waals surface area contributed by atoms with E-state index in [1.54, 1.807) is 12.1 Å². The Morgan fingerprint density at radius 3 is 2.50 bits per heavy atom. The Morgan fingerprint density at radius 2 is 1.88 bits per heavy atom. The lowest BCUT2D eigenvalue weighted by Crippen LogP contribution is -2.51. The Kier molecular flexibility index (Phi) is 4.79. The summed E-state index contributed by atoms with van der Waals surface area (Å²) in [7, 11) is 0. The number of hydrogen-bond acceptors (Lipinski definition) is 5. The number of nitrogens with one attached hydrogen (secondary N) is 1. The number of rotatable bonds is 4. The molecule has 5 rings (SSSR count). The van der Waals surface area contributed by atoms with Crippen molar-refractivity contribution in [3.8, 4) is 10.6 Å². The molecule has 0 amide bonds. The van der Waals surface area contributed by atoms with Gasteiger partial charge in [-0.3, -0.25) is 4.79 Å². The summed E-state index contributed by atoms with van der Waals surface area (Å²) in [5.41, 5.74) is 0.0669. The molecule has 3 saturated carbocycles. The van der Waals surface area contributed by atoms with Gasteiger partial charge in [-0.15, -0.1) is 11.3 Å². The molecule has 26 heavy (non-hydrogen) atoms. The molecule has 0 spiro atoms. The monoisotopic (exact) mass is 415 g/mol. The number of carbonyl (C=O) groups is 1. The molecule has 3 aliphatic rings. The van der Waals surface area contributed by atoms with Crippen LogP contribution in [0.4, 0.5) is 10.2 Å². The summed E-state index contributed by atoms with van der Waals surface area (Å²) >= 11 is 13.1. The van der Waals surface area contributed by atoms with Crippen molar-refractivity contribution in [2.24, 2.45) is 17.8 Å². The van der Waals surface area contributed by atoms with Gasteiger partial charge < -0.3 is 10.4 Å². The summed E-state index contributed by atoms with van der Waals surface area (Å²) in [5.74, 6) is -1.77. The third kappa shape index (κ3) is 3.17. The van der Waals surface area contributed by atoms with Gasteiger partial charge in [-0.1, -0.05) is 11.6 Å². The Balaban J connectivity index is 1.70. The molecule has 3 aliphatic carbocycles. The molecule has 2 unspecified atom stereocenters. The van der Waals surface area contributed by atoms with Crippen LogP contribution in [0.5, 0.6) is 0 Å². The van der Waals surface area contributed by atoms with Crippen molar-refractivity contribution in [1.29, 1.82) is 0 Å². The summed E-state index contributed by atoms with van der Waals surface area (Å²) in [6.07, 6.45) is 3.71. The molecule has 2 aromatic heterocycles. The van der Waals surface area contributed by atoms with E-state index in [-0.39, 0.29) is 34.7 Å². The van der Waals surface area contributed by atoms with Crippen LogP contribution in [0.3, 0.4) is 0 Å². The van der Waals surface area contributed by atoms with E-state index >= 15 is 4.39 Å². The molecule has 2 bridgehead atoms. The maximum atomic E-state index is 15.0. The van der Waals surface area contributed by atoms with Crippen molar-refractivity contribution in [1.82, 2.24) is 9.97 Å². The summed E-state index contributed by atoms with van der Waals surface area (Å²) in [5, 5.41) is 12.6. The largest absolute Gasteiger partial charge is 0.481 e. The number of nitrogens with zero attached hydrogens (tertiary/aromatic N) is 2. The number of carboxylic acid groups (broad SMARTS) is 1. The van der Waals surface area contributed by atoms with Gasteiger partial charge in [-0.05, 0) is 61.3 Å². The number of halogens is 3. The average molecular weight is 416 g/mol. The van der Waals surface area contributed by atoms with Gasteiger partial charge >= 0.3 is 5.97 Å².